The van der Waals surface area contributed by atoms with Gasteiger partial charge >= 0.3 is 5.97 Å². The molecule has 0 saturated heterocycles. The molecule has 4 rings (SSSR count). The molecule has 1 aliphatic carbocycles. The molecule has 29 heavy (non-hydrogen) atoms. The van der Waals surface area contributed by atoms with Crippen LogP contribution in [0, 0.1) is 0 Å². The van der Waals surface area contributed by atoms with Gasteiger partial charge in [0.25, 0.3) is 0 Å². The van der Waals surface area contributed by atoms with Crippen LogP contribution in [0.4, 0.5) is 0 Å². The molecule has 0 N–H and O–H groups in total. The van der Waals surface area contributed by atoms with Crippen LogP contribution in [0.1, 0.15) is 34.5 Å². The number of ketones is 1. The van der Waals surface area contributed by atoms with E-state index in [9.17, 15) is 9.59 Å². The Hall–Kier alpha value is -3.60. The lowest BCUT2D eigenvalue weighted by Gasteiger charge is -2.16. The van der Waals surface area contributed by atoms with Crippen molar-refractivity contribution in [3.05, 3.63) is 83.4 Å². The van der Waals surface area contributed by atoms with Crippen molar-refractivity contribution in [2.45, 2.75) is 13.0 Å². The van der Waals surface area contributed by atoms with E-state index in [0.29, 0.717) is 17.1 Å². The van der Waals surface area contributed by atoms with Crippen LogP contribution < -0.4 is 9.47 Å². The van der Waals surface area contributed by atoms with Crippen molar-refractivity contribution in [1.29, 1.82) is 0 Å². The number of methoxy groups -OCH3 is 1. The van der Waals surface area contributed by atoms with Crippen LogP contribution in [0.2, 0.25) is 0 Å². The lowest BCUT2D eigenvalue weighted by molar-refractivity contribution is -0.149. The maximum Gasteiger partial charge on any atom is 0.345 e. The molecule has 5 nitrogen and oxygen atoms in total. The molecular formula is C24H20O5. The van der Waals surface area contributed by atoms with E-state index in [2.05, 4.69) is 0 Å². The van der Waals surface area contributed by atoms with Crippen LogP contribution in [0.15, 0.2) is 66.7 Å². The Balaban J connectivity index is 1.49. The topological polar surface area (TPSA) is 61.8 Å². The van der Waals surface area contributed by atoms with Gasteiger partial charge < -0.3 is 14.2 Å². The molecular weight excluding hydrogens is 368 g/mol. The highest BCUT2D eigenvalue weighted by Crippen LogP contribution is 2.45. The van der Waals surface area contributed by atoms with Gasteiger partial charge in [-0.25, -0.2) is 4.79 Å². The second kappa shape index (κ2) is 7.80. The maximum atomic E-state index is 12.5. The maximum absolute atomic E-state index is 12.5. The van der Waals surface area contributed by atoms with Crippen molar-refractivity contribution in [1.82, 2.24) is 0 Å². The van der Waals surface area contributed by atoms with Crippen LogP contribution in [-0.4, -0.2) is 25.5 Å². The highest BCUT2D eigenvalue weighted by atomic mass is 16.6. The lowest BCUT2D eigenvalue weighted by atomic mass is 10.1. The summed E-state index contributed by atoms with van der Waals surface area (Å²) in [6.45, 7) is 1.21. The minimum absolute atomic E-state index is 0.0761. The average Bonchev–Trinajstić information content (AvgIpc) is 3.06. The van der Waals surface area contributed by atoms with E-state index in [1.54, 1.807) is 18.2 Å². The molecule has 1 aliphatic rings. The van der Waals surface area contributed by atoms with Crippen LogP contribution >= 0.6 is 0 Å². The van der Waals surface area contributed by atoms with Gasteiger partial charge in [-0.3, -0.25) is 4.79 Å². The summed E-state index contributed by atoms with van der Waals surface area (Å²) >= 11 is 0. The van der Waals surface area contributed by atoms with Gasteiger partial charge in [-0.2, -0.15) is 0 Å². The van der Waals surface area contributed by atoms with Crippen molar-refractivity contribution >= 4 is 11.8 Å². The van der Waals surface area contributed by atoms with Gasteiger partial charge in [0.2, 0.25) is 0 Å². The fourth-order valence-corrected chi connectivity index (χ4v) is 3.54. The number of fused-ring (bicyclic) bond motifs is 3. The van der Waals surface area contributed by atoms with E-state index in [-0.39, 0.29) is 12.4 Å². The third-order valence-electron chi connectivity index (χ3n) is 4.94. The first-order valence-corrected chi connectivity index (χ1v) is 9.28. The number of ether oxygens (including phenoxy) is 3. The third kappa shape index (κ3) is 3.59. The predicted octanol–water partition coefficient (Wildman–Crippen LogP) is 4.59. The SMILES string of the molecule is COc1cc(C(C)=O)ccc1OCC(=O)OC1c2ccccc2-c2ccccc21. The van der Waals surface area contributed by atoms with Gasteiger partial charge in [0.05, 0.1) is 7.11 Å². The first-order chi connectivity index (χ1) is 14.1. The quantitative estimate of drug-likeness (QED) is 0.457. The van der Waals surface area contributed by atoms with E-state index in [1.807, 2.05) is 48.5 Å². The van der Waals surface area contributed by atoms with E-state index in [0.717, 1.165) is 22.3 Å². The predicted molar refractivity (Wildman–Crippen MR) is 108 cm³/mol. The standard InChI is InChI=1S/C24H20O5/c1-15(25)16-11-12-21(22(13-16)27-2)28-14-23(26)29-24-19-9-5-3-7-17(19)18-8-4-6-10-20(18)24/h3-13,24H,14H2,1-2H3. The smallest absolute Gasteiger partial charge is 0.345 e. The first-order valence-electron chi connectivity index (χ1n) is 9.28. The Bertz CT molecular complexity index is 1040. The molecule has 0 amide bonds. The summed E-state index contributed by atoms with van der Waals surface area (Å²) in [4.78, 5) is 24.0. The van der Waals surface area contributed by atoms with E-state index in [4.69, 9.17) is 14.2 Å². The average molecular weight is 388 g/mol. The third-order valence-corrected chi connectivity index (χ3v) is 4.94. The number of hydrogen-bond donors (Lipinski definition) is 0. The number of Topliss-reactive ketones (excluding diaryl/α,β-unsaturated/α-hetero) is 1. The van der Waals surface area contributed by atoms with E-state index < -0.39 is 12.1 Å². The Kier molecular flexibility index (Phi) is 5.04. The fourth-order valence-electron chi connectivity index (χ4n) is 3.54. The summed E-state index contributed by atoms with van der Waals surface area (Å²) in [6, 6.07) is 20.6. The molecule has 3 aromatic carbocycles. The number of carbonyl (C=O) groups is 2. The Labute approximate surface area is 168 Å². The monoisotopic (exact) mass is 388 g/mol. The van der Waals surface area contributed by atoms with Gasteiger partial charge in [0.1, 0.15) is 0 Å². The molecule has 0 unspecified atom stereocenters. The summed E-state index contributed by atoms with van der Waals surface area (Å²) in [5.74, 6) is 0.204. The highest BCUT2D eigenvalue weighted by molar-refractivity contribution is 5.94. The fraction of sp³-hybridized carbons (Fsp3) is 0.167. The lowest BCUT2D eigenvalue weighted by Crippen LogP contribution is -2.18. The van der Waals surface area contributed by atoms with Crippen LogP contribution in [0.25, 0.3) is 11.1 Å². The van der Waals surface area contributed by atoms with Crippen LogP contribution in [-0.2, 0) is 9.53 Å². The molecule has 3 aromatic rings. The molecule has 0 heterocycles. The zero-order valence-electron chi connectivity index (χ0n) is 16.2. The Morgan fingerprint density at radius 3 is 2.07 bits per heavy atom. The Morgan fingerprint density at radius 2 is 1.48 bits per heavy atom. The van der Waals surface area contributed by atoms with Crippen molar-refractivity contribution in [2.24, 2.45) is 0 Å². The molecule has 0 fully saturated rings. The number of esters is 1. The van der Waals surface area contributed by atoms with Crippen LogP contribution in [0.5, 0.6) is 11.5 Å². The highest BCUT2D eigenvalue weighted by Gasteiger charge is 2.31. The summed E-state index contributed by atoms with van der Waals surface area (Å²) < 4.78 is 16.6. The minimum atomic E-state index is -0.487. The zero-order valence-corrected chi connectivity index (χ0v) is 16.2. The molecule has 5 heteroatoms. The molecule has 0 aliphatic heterocycles. The van der Waals surface area contributed by atoms with E-state index in [1.165, 1.54) is 14.0 Å². The summed E-state index contributed by atoms with van der Waals surface area (Å²) in [5, 5.41) is 0. The molecule has 0 spiro atoms. The summed E-state index contributed by atoms with van der Waals surface area (Å²) in [7, 11) is 1.48. The van der Waals surface area contributed by atoms with Crippen molar-refractivity contribution < 1.29 is 23.8 Å². The Morgan fingerprint density at radius 1 is 0.862 bits per heavy atom. The van der Waals surface area contributed by atoms with Gasteiger partial charge in [-0.05, 0) is 36.2 Å². The second-order valence-corrected chi connectivity index (χ2v) is 6.75. The molecule has 0 aromatic heterocycles. The number of hydrogen-bond acceptors (Lipinski definition) is 5. The number of carbonyl (C=O) groups excluding carboxylic acids is 2. The second-order valence-electron chi connectivity index (χ2n) is 6.75. The number of benzene rings is 3. The first kappa shape index (κ1) is 18.7. The normalized spacial score (nSPS) is 12.1. The van der Waals surface area contributed by atoms with Gasteiger partial charge in [-0.15, -0.1) is 0 Å². The largest absolute Gasteiger partial charge is 0.493 e. The van der Waals surface area contributed by atoms with E-state index >= 15 is 0 Å². The summed E-state index contributed by atoms with van der Waals surface area (Å²) in [6.07, 6.45) is -0.458. The van der Waals surface area contributed by atoms with Crippen molar-refractivity contribution in [3.8, 4) is 22.6 Å². The zero-order chi connectivity index (χ0) is 20.4. The minimum Gasteiger partial charge on any atom is -0.493 e. The molecule has 0 saturated carbocycles. The molecule has 0 radical (unpaired) electrons. The van der Waals surface area contributed by atoms with Crippen LogP contribution in [0.3, 0.4) is 0 Å². The molecule has 146 valence electrons. The molecule has 0 bridgehead atoms. The van der Waals surface area contributed by atoms with Crippen molar-refractivity contribution in [3.63, 3.8) is 0 Å². The number of rotatable bonds is 6. The van der Waals surface area contributed by atoms with Gasteiger partial charge in [0.15, 0.2) is 30.0 Å². The summed E-state index contributed by atoms with van der Waals surface area (Å²) in [5.41, 5.74) is 4.58. The van der Waals surface area contributed by atoms with Gasteiger partial charge in [-0.1, -0.05) is 48.5 Å². The van der Waals surface area contributed by atoms with Crippen molar-refractivity contribution in [2.75, 3.05) is 13.7 Å². The van der Waals surface area contributed by atoms with Gasteiger partial charge in [0, 0.05) is 16.7 Å². The molecule has 0 atom stereocenters.